The van der Waals surface area contributed by atoms with Gasteiger partial charge in [-0.25, -0.2) is 0 Å². The van der Waals surface area contributed by atoms with Gasteiger partial charge in [-0.2, -0.15) is 0 Å². The second kappa shape index (κ2) is 8.14. The third-order valence-electron chi connectivity index (χ3n) is 2.68. The molecule has 4 heteroatoms. The summed E-state index contributed by atoms with van der Waals surface area (Å²) < 4.78 is 11.1. The summed E-state index contributed by atoms with van der Waals surface area (Å²) in [4.78, 5) is 21.3. The number of carbonyl (C=O) groups is 2. The van der Waals surface area contributed by atoms with E-state index in [2.05, 4.69) is 0 Å². The van der Waals surface area contributed by atoms with Crippen molar-refractivity contribution in [2.24, 2.45) is 0 Å². The van der Waals surface area contributed by atoms with Crippen molar-refractivity contribution in [1.29, 1.82) is 0 Å². The molecule has 4 nitrogen and oxygen atoms in total. The molecule has 0 radical (unpaired) electrons. The molecule has 0 aliphatic carbocycles. The number of hydrogen-bond acceptors (Lipinski definition) is 4. The van der Waals surface area contributed by atoms with E-state index in [1.807, 2.05) is 6.92 Å². The van der Waals surface area contributed by atoms with Crippen LogP contribution in [0.3, 0.4) is 0 Å². The summed E-state index contributed by atoms with van der Waals surface area (Å²) in [7, 11) is 0. The smallest absolute Gasteiger partial charge is 0.157 e. The second-order valence-electron chi connectivity index (χ2n) is 4.24. The Balaban J connectivity index is 2.15. The maximum atomic E-state index is 11.3. The van der Waals surface area contributed by atoms with Crippen LogP contribution in [0, 0.1) is 0 Å². The molecule has 17 heavy (non-hydrogen) atoms. The summed E-state index contributed by atoms with van der Waals surface area (Å²) in [6.45, 7) is 2.70. The standard InChI is InChI=1S/C13H20O4/c1-11(7-8-12(15)5-4-9-14)17-13-6-2-3-10-16-13/h4-5,9,11,13H,2-3,6-8,10H2,1H3/b5-4+. The Hall–Kier alpha value is -1.00. The normalized spacial score (nSPS) is 22.5. The lowest BCUT2D eigenvalue weighted by Gasteiger charge is -2.25. The lowest BCUT2D eigenvalue weighted by Crippen LogP contribution is -2.26. The number of rotatable bonds is 7. The van der Waals surface area contributed by atoms with E-state index < -0.39 is 0 Å². The van der Waals surface area contributed by atoms with Crippen LogP contribution in [0.1, 0.15) is 39.0 Å². The summed E-state index contributed by atoms with van der Waals surface area (Å²) in [5, 5.41) is 0. The van der Waals surface area contributed by atoms with Crippen LogP contribution in [0.5, 0.6) is 0 Å². The highest BCUT2D eigenvalue weighted by atomic mass is 16.7. The Kier molecular flexibility index (Phi) is 6.74. The van der Waals surface area contributed by atoms with E-state index in [0.29, 0.717) is 19.1 Å². The van der Waals surface area contributed by atoms with Crippen molar-refractivity contribution in [3.63, 3.8) is 0 Å². The molecule has 1 saturated heterocycles. The van der Waals surface area contributed by atoms with E-state index in [1.54, 1.807) is 0 Å². The van der Waals surface area contributed by atoms with Gasteiger partial charge in [-0.15, -0.1) is 0 Å². The SMILES string of the molecule is CC(CCC(=O)/C=C/C=O)OC1CCCCO1. The lowest BCUT2D eigenvalue weighted by atomic mass is 10.1. The molecule has 1 heterocycles. The molecule has 0 saturated carbocycles. The highest BCUT2D eigenvalue weighted by molar-refractivity contribution is 5.92. The molecular formula is C13H20O4. The summed E-state index contributed by atoms with van der Waals surface area (Å²) in [6, 6.07) is 0. The Morgan fingerprint density at radius 3 is 3.00 bits per heavy atom. The number of hydrogen-bond donors (Lipinski definition) is 0. The maximum absolute atomic E-state index is 11.3. The third kappa shape index (κ3) is 6.34. The molecule has 2 unspecified atom stereocenters. The fourth-order valence-corrected chi connectivity index (χ4v) is 1.72. The quantitative estimate of drug-likeness (QED) is 0.504. The zero-order valence-corrected chi connectivity index (χ0v) is 10.3. The minimum atomic E-state index is -0.112. The first-order valence-electron chi connectivity index (χ1n) is 6.14. The summed E-state index contributed by atoms with van der Waals surface area (Å²) >= 11 is 0. The highest BCUT2D eigenvalue weighted by Crippen LogP contribution is 2.16. The van der Waals surface area contributed by atoms with Crippen LogP contribution in [0.25, 0.3) is 0 Å². The lowest BCUT2D eigenvalue weighted by molar-refractivity contribution is -0.185. The van der Waals surface area contributed by atoms with Gasteiger partial charge in [0, 0.05) is 13.0 Å². The molecule has 0 aromatic heterocycles. The van der Waals surface area contributed by atoms with Crippen molar-refractivity contribution >= 4 is 12.1 Å². The van der Waals surface area contributed by atoms with Crippen LogP contribution in [0.4, 0.5) is 0 Å². The van der Waals surface area contributed by atoms with Gasteiger partial charge in [0.15, 0.2) is 12.1 Å². The minimum Gasteiger partial charge on any atom is -0.353 e. The summed E-state index contributed by atoms with van der Waals surface area (Å²) in [6.07, 6.45) is 7.25. The Labute approximate surface area is 102 Å². The molecule has 0 spiro atoms. The number of carbonyl (C=O) groups excluding carboxylic acids is 2. The van der Waals surface area contributed by atoms with Gasteiger partial charge in [-0.1, -0.05) is 0 Å². The minimum absolute atomic E-state index is 0.00619. The third-order valence-corrected chi connectivity index (χ3v) is 2.68. The number of ether oxygens (including phenoxy) is 2. The molecule has 1 fully saturated rings. The van der Waals surface area contributed by atoms with E-state index in [-0.39, 0.29) is 18.2 Å². The van der Waals surface area contributed by atoms with Gasteiger partial charge in [0.1, 0.15) is 6.29 Å². The fourth-order valence-electron chi connectivity index (χ4n) is 1.72. The van der Waals surface area contributed by atoms with Crippen molar-refractivity contribution in [2.75, 3.05) is 6.61 Å². The maximum Gasteiger partial charge on any atom is 0.157 e. The molecule has 1 aliphatic heterocycles. The van der Waals surface area contributed by atoms with Gasteiger partial charge in [0.25, 0.3) is 0 Å². The van der Waals surface area contributed by atoms with Crippen molar-refractivity contribution in [1.82, 2.24) is 0 Å². The topological polar surface area (TPSA) is 52.6 Å². The predicted octanol–water partition coefficient (Wildman–Crippen LogP) is 2.02. The van der Waals surface area contributed by atoms with Gasteiger partial charge in [-0.05, 0) is 44.8 Å². The molecule has 0 amide bonds. The van der Waals surface area contributed by atoms with Crippen molar-refractivity contribution in [3.05, 3.63) is 12.2 Å². The average molecular weight is 240 g/mol. The van der Waals surface area contributed by atoms with Crippen LogP contribution in [0.2, 0.25) is 0 Å². The molecule has 1 aliphatic rings. The summed E-state index contributed by atoms with van der Waals surface area (Å²) in [5.41, 5.74) is 0. The fraction of sp³-hybridized carbons (Fsp3) is 0.692. The largest absolute Gasteiger partial charge is 0.353 e. The van der Waals surface area contributed by atoms with E-state index in [4.69, 9.17) is 9.47 Å². The van der Waals surface area contributed by atoms with Gasteiger partial charge in [-0.3, -0.25) is 9.59 Å². The van der Waals surface area contributed by atoms with E-state index in [9.17, 15) is 9.59 Å². The zero-order chi connectivity index (χ0) is 12.5. The van der Waals surface area contributed by atoms with Crippen LogP contribution in [0.15, 0.2) is 12.2 Å². The van der Waals surface area contributed by atoms with Crippen molar-refractivity contribution in [2.45, 2.75) is 51.4 Å². The Morgan fingerprint density at radius 1 is 1.53 bits per heavy atom. The van der Waals surface area contributed by atoms with E-state index >= 15 is 0 Å². The van der Waals surface area contributed by atoms with Crippen LogP contribution >= 0.6 is 0 Å². The van der Waals surface area contributed by atoms with Crippen molar-refractivity contribution in [3.8, 4) is 0 Å². The Bertz CT molecular complexity index is 267. The number of aldehydes is 1. The van der Waals surface area contributed by atoms with Gasteiger partial charge < -0.3 is 9.47 Å². The molecule has 2 atom stereocenters. The van der Waals surface area contributed by atoms with Gasteiger partial charge in [0.05, 0.1) is 6.10 Å². The first-order valence-corrected chi connectivity index (χ1v) is 6.14. The highest BCUT2D eigenvalue weighted by Gasteiger charge is 2.17. The molecule has 1 rings (SSSR count). The van der Waals surface area contributed by atoms with Crippen LogP contribution in [-0.2, 0) is 19.1 Å². The predicted molar refractivity (Wildman–Crippen MR) is 63.6 cm³/mol. The first-order chi connectivity index (χ1) is 8.22. The number of ketones is 1. The van der Waals surface area contributed by atoms with E-state index in [0.717, 1.165) is 25.9 Å². The second-order valence-corrected chi connectivity index (χ2v) is 4.24. The average Bonchev–Trinajstić information content (AvgIpc) is 2.35. The first kappa shape index (κ1) is 14.1. The summed E-state index contributed by atoms with van der Waals surface area (Å²) in [5.74, 6) is -0.0443. The molecule has 0 aromatic carbocycles. The zero-order valence-electron chi connectivity index (χ0n) is 10.3. The number of allylic oxidation sites excluding steroid dienone is 2. The van der Waals surface area contributed by atoms with Crippen molar-refractivity contribution < 1.29 is 19.1 Å². The van der Waals surface area contributed by atoms with Gasteiger partial charge >= 0.3 is 0 Å². The molecule has 0 bridgehead atoms. The molecular weight excluding hydrogens is 220 g/mol. The van der Waals surface area contributed by atoms with Gasteiger partial charge in [0.2, 0.25) is 0 Å². The molecule has 0 N–H and O–H groups in total. The molecule has 0 aromatic rings. The van der Waals surface area contributed by atoms with Crippen LogP contribution in [-0.4, -0.2) is 31.1 Å². The van der Waals surface area contributed by atoms with Crippen LogP contribution < -0.4 is 0 Å². The monoisotopic (exact) mass is 240 g/mol. The Morgan fingerprint density at radius 2 is 2.35 bits per heavy atom. The molecule has 96 valence electrons. The van der Waals surface area contributed by atoms with E-state index in [1.165, 1.54) is 12.2 Å².